The lowest BCUT2D eigenvalue weighted by Gasteiger charge is -2.31. The van der Waals surface area contributed by atoms with Crippen molar-refractivity contribution in [2.75, 3.05) is 17.6 Å². The molecule has 0 radical (unpaired) electrons. The number of hydrogen-bond acceptors (Lipinski definition) is 3. The van der Waals surface area contributed by atoms with Crippen molar-refractivity contribution in [3.63, 3.8) is 0 Å². The number of amides is 1. The molecule has 1 amide bonds. The Morgan fingerprint density at radius 1 is 1.39 bits per heavy atom. The van der Waals surface area contributed by atoms with Gasteiger partial charge in [0.25, 0.3) is 0 Å². The van der Waals surface area contributed by atoms with E-state index in [0.29, 0.717) is 19.4 Å². The lowest BCUT2D eigenvalue weighted by atomic mass is 10.1. The number of rotatable bonds is 5. The number of sulfone groups is 1. The van der Waals surface area contributed by atoms with E-state index in [1.54, 1.807) is 4.90 Å². The molecule has 1 aliphatic heterocycles. The smallest absolute Gasteiger partial charge is 0.241 e. The number of carbonyl (C=O) groups is 1. The van der Waals surface area contributed by atoms with Crippen LogP contribution in [0.5, 0.6) is 0 Å². The van der Waals surface area contributed by atoms with Gasteiger partial charge in [0, 0.05) is 17.9 Å². The molecule has 0 saturated carbocycles. The highest BCUT2D eigenvalue weighted by molar-refractivity contribution is 9.09. The van der Waals surface area contributed by atoms with Crippen LogP contribution >= 0.6 is 15.9 Å². The lowest BCUT2D eigenvalue weighted by molar-refractivity contribution is -0.132. The van der Waals surface area contributed by atoms with Crippen LogP contribution in [0.25, 0.3) is 0 Å². The molecule has 0 aromatic rings. The van der Waals surface area contributed by atoms with Crippen molar-refractivity contribution < 1.29 is 13.2 Å². The van der Waals surface area contributed by atoms with Gasteiger partial charge in [-0.25, -0.2) is 8.42 Å². The fourth-order valence-electron chi connectivity index (χ4n) is 2.27. The number of alkyl halides is 1. The van der Waals surface area contributed by atoms with E-state index >= 15 is 0 Å². The van der Waals surface area contributed by atoms with Crippen LogP contribution in [0.1, 0.15) is 39.5 Å². The van der Waals surface area contributed by atoms with Gasteiger partial charge in [-0.2, -0.15) is 0 Å². The molecule has 0 bridgehead atoms. The van der Waals surface area contributed by atoms with Crippen LogP contribution in [0.4, 0.5) is 0 Å². The van der Waals surface area contributed by atoms with E-state index < -0.39 is 15.1 Å². The third-order valence-electron chi connectivity index (χ3n) is 3.29. The summed E-state index contributed by atoms with van der Waals surface area (Å²) >= 11 is 3.34. The predicted molar refractivity (Wildman–Crippen MR) is 76.7 cm³/mol. The van der Waals surface area contributed by atoms with Crippen molar-refractivity contribution in [3.8, 4) is 0 Å². The number of halogens is 1. The molecular formula is C12H22BrNO3S. The molecule has 1 unspecified atom stereocenters. The van der Waals surface area contributed by atoms with Gasteiger partial charge in [0.2, 0.25) is 5.91 Å². The monoisotopic (exact) mass is 339 g/mol. The Labute approximate surface area is 118 Å². The van der Waals surface area contributed by atoms with Crippen molar-refractivity contribution in [2.24, 2.45) is 0 Å². The highest BCUT2D eigenvalue weighted by Crippen LogP contribution is 2.22. The van der Waals surface area contributed by atoms with Gasteiger partial charge in [0.05, 0.1) is 5.75 Å². The molecule has 0 N–H and O–H groups in total. The molecule has 0 spiro atoms. The first-order valence-corrected chi connectivity index (χ1v) is 9.32. The molecule has 6 heteroatoms. The second kappa shape index (κ2) is 6.89. The van der Waals surface area contributed by atoms with E-state index in [9.17, 15) is 13.2 Å². The molecule has 106 valence electrons. The van der Waals surface area contributed by atoms with E-state index in [1.807, 2.05) is 13.8 Å². The fraction of sp³-hybridized carbons (Fsp3) is 0.917. The largest absolute Gasteiger partial charge is 0.339 e. The minimum atomic E-state index is -3.23. The summed E-state index contributed by atoms with van der Waals surface area (Å²) in [5.41, 5.74) is 0. The zero-order chi connectivity index (χ0) is 13.8. The summed E-state index contributed by atoms with van der Waals surface area (Å²) in [4.78, 5) is 14.1. The van der Waals surface area contributed by atoms with E-state index in [0.717, 1.165) is 18.2 Å². The molecule has 0 aromatic carbocycles. The Balaban J connectivity index is 2.81. The second-order valence-electron chi connectivity index (χ2n) is 5.02. The maximum atomic E-state index is 12.4. The Bertz CT molecular complexity index is 381. The van der Waals surface area contributed by atoms with Gasteiger partial charge in [-0.15, -0.1) is 0 Å². The van der Waals surface area contributed by atoms with Crippen LogP contribution in [0.15, 0.2) is 0 Å². The maximum absolute atomic E-state index is 12.4. The molecule has 1 aliphatic rings. The number of carbonyl (C=O) groups excluding carboxylic acids is 1. The van der Waals surface area contributed by atoms with Crippen LogP contribution in [-0.4, -0.2) is 48.1 Å². The lowest BCUT2D eigenvalue weighted by Crippen LogP contribution is -2.48. The summed E-state index contributed by atoms with van der Waals surface area (Å²) in [6.45, 7) is 4.48. The number of nitrogens with zero attached hydrogens (tertiary/aromatic N) is 1. The van der Waals surface area contributed by atoms with Gasteiger partial charge in [-0.05, 0) is 33.1 Å². The highest BCUT2D eigenvalue weighted by atomic mass is 79.9. The Kier molecular flexibility index (Phi) is 6.11. The second-order valence-corrected chi connectivity index (χ2v) is 8.12. The third kappa shape index (κ3) is 3.95. The van der Waals surface area contributed by atoms with Crippen LogP contribution in [0.2, 0.25) is 0 Å². The first-order chi connectivity index (χ1) is 8.40. The first kappa shape index (κ1) is 16.0. The Hall–Kier alpha value is -0.100. The van der Waals surface area contributed by atoms with Crippen LogP contribution in [0, 0.1) is 0 Å². The highest BCUT2D eigenvalue weighted by Gasteiger charge is 2.37. The molecule has 1 heterocycles. The summed E-state index contributed by atoms with van der Waals surface area (Å²) in [7, 11) is -3.23. The van der Waals surface area contributed by atoms with Crippen molar-refractivity contribution in [2.45, 2.75) is 50.8 Å². The molecule has 1 rings (SSSR count). The summed E-state index contributed by atoms with van der Waals surface area (Å²) in [6.07, 6.45) is 2.85. The molecule has 0 aromatic heterocycles. The van der Waals surface area contributed by atoms with Crippen molar-refractivity contribution in [1.29, 1.82) is 0 Å². The van der Waals surface area contributed by atoms with Crippen molar-refractivity contribution in [1.82, 2.24) is 4.90 Å². The standard InChI is InChI=1S/C12H22BrNO3S/c1-10(2)14(8-5-7-13)12(15)11-6-3-4-9-18(11,16)17/h10-11H,3-9H2,1-2H3. The number of hydrogen-bond donors (Lipinski definition) is 0. The topological polar surface area (TPSA) is 54.5 Å². The van der Waals surface area contributed by atoms with E-state index in [-0.39, 0.29) is 17.7 Å². The molecule has 18 heavy (non-hydrogen) atoms. The summed E-state index contributed by atoms with van der Waals surface area (Å²) in [5.74, 6) is -0.0426. The van der Waals surface area contributed by atoms with Crippen molar-refractivity contribution >= 4 is 31.7 Å². The zero-order valence-corrected chi connectivity index (χ0v) is 13.5. The van der Waals surface area contributed by atoms with Crippen LogP contribution in [0.3, 0.4) is 0 Å². The SMILES string of the molecule is CC(C)N(CCCBr)C(=O)C1CCCCS1(=O)=O. The third-order valence-corrected chi connectivity index (χ3v) is 6.02. The van der Waals surface area contributed by atoms with Gasteiger partial charge < -0.3 is 4.90 Å². The molecule has 1 fully saturated rings. The average molecular weight is 340 g/mol. The zero-order valence-electron chi connectivity index (χ0n) is 11.1. The average Bonchev–Trinajstić information content (AvgIpc) is 2.28. The van der Waals surface area contributed by atoms with Crippen LogP contribution in [-0.2, 0) is 14.6 Å². The summed E-state index contributed by atoms with van der Waals surface area (Å²) in [6, 6.07) is 0.0497. The molecule has 1 saturated heterocycles. The van der Waals surface area contributed by atoms with Crippen molar-refractivity contribution in [3.05, 3.63) is 0 Å². The minimum Gasteiger partial charge on any atom is -0.339 e. The fourth-order valence-corrected chi connectivity index (χ4v) is 4.38. The van der Waals surface area contributed by atoms with Crippen LogP contribution < -0.4 is 0 Å². The first-order valence-electron chi connectivity index (χ1n) is 6.48. The van der Waals surface area contributed by atoms with Gasteiger partial charge in [0.1, 0.15) is 5.25 Å². The van der Waals surface area contributed by atoms with Gasteiger partial charge in [-0.3, -0.25) is 4.79 Å². The molecular weight excluding hydrogens is 318 g/mol. The quantitative estimate of drug-likeness (QED) is 0.719. The molecule has 4 nitrogen and oxygen atoms in total. The van der Waals surface area contributed by atoms with Gasteiger partial charge in [-0.1, -0.05) is 22.4 Å². The predicted octanol–water partition coefficient (Wildman–Crippen LogP) is 1.98. The molecule has 1 atom stereocenters. The normalized spacial score (nSPS) is 23.0. The minimum absolute atomic E-state index is 0.0497. The summed E-state index contributed by atoms with van der Waals surface area (Å²) < 4.78 is 23.9. The Morgan fingerprint density at radius 3 is 2.56 bits per heavy atom. The van der Waals surface area contributed by atoms with Gasteiger partial charge in [0.15, 0.2) is 9.84 Å². The van der Waals surface area contributed by atoms with Gasteiger partial charge >= 0.3 is 0 Å². The van der Waals surface area contributed by atoms with E-state index in [1.165, 1.54) is 0 Å². The Morgan fingerprint density at radius 2 is 2.06 bits per heavy atom. The maximum Gasteiger partial charge on any atom is 0.241 e. The molecule has 0 aliphatic carbocycles. The van der Waals surface area contributed by atoms with E-state index in [2.05, 4.69) is 15.9 Å². The summed E-state index contributed by atoms with van der Waals surface area (Å²) in [5, 5.41) is 0.0185. The van der Waals surface area contributed by atoms with E-state index in [4.69, 9.17) is 0 Å².